The smallest absolute Gasteiger partial charge is 0.227 e. The number of carbonyl (C=O) groups excluding carboxylic acids is 2. The first-order valence-corrected chi connectivity index (χ1v) is 7.68. The maximum Gasteiger partial charge on any atom is 0.227 e. The lowest BCUT2D eigenvalue weighted by Crippen LogP contribution is -2.12. The molecule has 0 unspecified atom stereocenters. The molecule has 1 heterocycles. The third-order valence-corrected chi connectivity index (χ3v) is 5.11. The molecule has 0 radical (unpaired) electrons. The number of nitrogens with two attached hydrogens (primary N) is 2. The summed E-state index contributed by atoms with van der Waals surface area (Å²) >= 11 is 2.23. The molecule has 4 N–H and O–H groups in total. The molecule has 2 aromatic rings. The van der Waals surface area contributed by atoms with Gasteiger partial charge in [-0.2, -0.15) is 5.26 Å². The monoisotopic (exact) mass is 317 g/mol. The summed E-state index contributed by atoms with van der Waals surface area (Å²) in [5.41, 5.74) is 11.9. The van der Waals surface area contributed by atoms with Crippen LogP contribution in [0.15, 0.2) is 34.5 Å². The maximum absolute atomic E-state index is 12.4. The van der Waals surface area contributed by atoms with E-state index in [1.54, 1.807) is 24.3 Å². The van der Waals surface area contributed by atoms with Crippen LogP contribution in [0.25, 0.3) is 0 Å². The molecule has 0 fully saturated rings. The zero-order valence-corrected chi connectivity index (χ0v) is 12.5. The quantitative estimate of drug-likeness (QED) is 0.647. The standard InChI is InChI=1S/C14H11N3O2S2/c15-6-9-11(17)13(21-14(9)20-7-10(16)18)12(19)8-4-2-1-3-5-8/h1-5H,7,17H2,(H2,16,18). The topological polar surface area (TPSA) is 110 Å². The molecule has 0 saturated carbocycles. The molecule has 1 aromatic carbocycles. The number of benzene rings is 1. The van der Waals surface area contributed by atoms with E-state index in [0.29, 0.717) is 14.6 Å². The van der Waals surface area contributed by atoms with Gasteiger partial charge < -0.3 is 11.5 Å². The number of nitriles is 1. The number of rotatable bonds is 5. The average Bonchev–Trinajstić information content (AvgIpc) is 2.81. The third kappa shape index (κ3) is 3.24. The first-order chi connectivity index (χ1) is 10.0. The van der Waals surface area contributed by atoms with E-state index >= 15 is 0 Å². The van der Waals surface area contributed by atoms with Crippen LogP contribution in [-0.4, -0.2) is 17.4 Å². The van der Waals surface area contributed by atoms with Gasteiger partial charge in [-0.1, -0.05) is 30.3 Å². The summed E-state index contributed by atoms with van der Waals surface area (Å²) in [5, 5.41) is 9.17. The summed E-state index contributed by atoms with van der Waals surface area (Å²) in [6.45, 7) is 0. The van der Waals surface area contributed by atoms with Gasteiger partial charge in [-0.3, -0.25) is 9.59 Å². The van der Waals surface area contributed by atoms with Gasteiger partial charge in [0, 0.05) is 5.56 Å². The lowest BCUT2D eigenvalue weighted by molar-refractivity contribution is -0.115. The van der Waals surface area contributed by atoms with Crippen molar-refractivity contribution in [3.63, 3.8) is 0 Å². The van der Waals surface area contributed by atoms with E-state index < -0.39 is 5.91 Å². The minimum Gasteiger partial charge on any atom is -0.396 e. The van der Waals surface area contributed by atoms with Gasteiger partial charge >= 0.3 is 0 Å². The molecule has 2 rings (SSSR count). The molecule has 0 aliphatic rings. The molecular weight excluding hydrogens is 306 g/mol. The van der Waals surface area contributed by atoms with Crippen molar-refractivity contribution in [1.82, 2.24) is 0 Å². The van der Waals surface area contributed by atoms with Crippen LogP contribution >= 0.6 is 23.1 Å². The highest BCUT2D eigenvalue weighted by Crippen LogP contribution is 2.38. The van der Waals surface area contributed by atoms with E-state index in [1.165, 1.54) is 0 Å². The van der Waals surface area contributed by atoms with Gasteiger partial charge in [-0.15, -0.1) is 23.1 Å². The van der Waals surface area contributed by atoms with Gasteiger partial charge in [0.25, 0.3) is 0 Å². The zero-order valence-electron chi connectivity index (χ0n) is 10.8. The Morgan fingerprint density at radius 3 is 2.52 bits per heavy atom. The van der Waals surface area contributed by atoms with Gasteiger partial charge in [-0.05, 0) is 0 Å². The van der Waals surface area contributed by atoms with Crippen LogP contribution in [0.4, 0.5) is 5.69 Å². The number of amides is 1. The molecule has 7 heteroatoms. The fraction of sp³-hybridized carbons (Fsp3) is 0.0714. The highest BCUT2D eigenvalue weighted by atomic mass is 32.2. The molecule has 1 aromatic heterocycles. The summed E-state index contributed by atoms with van der Waals surface area (Å²) in [5.74, 6) is -0.694. The second-order valence-corrected chi connectivity index (χ2v) is 6.33. The summed E-state index contributed by atoms with van der Waals surface area (Å²) in [7, 11) is 0. The van der Waals surface area contributed by atoms with Crippen LogP contribution in [0.2, 0.25) is 0 Å². The number of ketones is 1. The van der Waals surface area contributed by atoms with Crippen LogP contribution in [0, 0.1) is 11.3 Å². The number of primary amides is 1. The largest absolute Gasteiger partial charge is 0.396 e. The van der Waals surface area contributed by atoms with Crippen molar-refractivity contribution in [3.05, 3.63) is 46.3 Å². The Morgan fingerprint density at radius 1 is 1.29 bits per heavy atom. The fourth-order valence-corrected chi connectivity index (χ4v) is 3.76. The van der Waals surface area contributed by atoms with Crippen molar-refractivity contribution in [1.29, 1.82) is 5.26 Å². The average molecular weight is 317 g/mol. The van der Waals surface area contributed by atoms with Crippen molar-refractivity contribution in [2.24, 2.45) is 5.73 Å². The highest BCUT2D eigenvalue weighted by Gasteiger charge is 2.22. The van der Waals surface area contributed by atoms with E-state index in [0.717, 1.165) is 23.1 Å². The molecular formula is C14H11N3O2S2. The van der Waals surface area contributed by atoms with Crippen LogP contribution in [0.5, 0.6) is 0 Å². The van der Waals surface area contributed by atoms with E-state index in [-0.39, 0.29) is 22.8 Å². The number of thioether (sulfide) groups is 1. The second kappa shape index (κ2) is 6.43. The molecule has 0 aliphatic heterocycles. The lowest BCUT2D eigenvalue weighted by atomic mass is 10.1. The van der Waals surface area contributed by atoms with Crippen molar-refractivity contribution in [3.8, 4) is 6.07 Å². The highest BCUT2D eigenvalue weighted by molar-refractivity contribution is 8.01. The Bertz CT molecular complexity index is 733. The minimum absolute atomic E-state index is 0.0353. The number of nitrogen functional groups attached to an aromatic ring is 1. The van der Waals surface area contributed by atoms with E-state index in [9.17, 15) is 9.59 Å². The Kier molecular flexibility index (Phi) is 4.62. The van der Waals surface area contributed by atoms with E-state index in [1.807, 2.05) is 12.1 Å². The molecule has 1 amide bonds. The first kappa shape index (κ1) is 15.1. The predicted molar refractivity (Wildman–Crippen MR) is 83.2 cm³/mol. The van der Waals surface area contributed by atoms with Gasteiger partial charge in [0.1, 0.15) is 16.5 Å². The predicted octanol–water partition coefficient (Wildman–Crippen LogP) is 2.01. The van der Waals surface area contributed by atoms with Gasteiger partial charge in [-0.25, -0.2) is 0 Å². The molecule has 106 valence electrons. The number of nitrogens with zero attached hydrogens (tertiary/aromatic N) is 1. The summed E-state index contributed by atoms with van der Waals surface area (Å²) in [6, 6.07) is 10.7. The van der Waals surface area contributed by atoms with Crippen molar-refractivity contribution in [2.45, 2.75) is 4.21 Å². The normalized spacial score (nSPS) is 10.0. The number of carbonyl (C=O) groups is 2. The Hall–Kier alpha value is -2.30. The van der Waals surface area contributed by atoms with Crippen LogP contribution in [0.1, 0.15) is 20.8 Å². The van der Waals surface area contributed by atoms with Crippen molar-refractivity contribution >= 4 is 40.5 Å². The number of hydrogen-bond acceptors (Lipinski definition) is 6. The third-order valence-electron chi connectivity index (χ3n) is 2.61. The number of anilines is 1. The Labute approximate surface area is 129 Å². The molecule has 21 heavy (non-hydrogen) atoms. The molecule has 0 saturated heterocycles. The van der Waals surface area contributed by atoms with Crippen LogP contribution in [-0.2, 0) is 4.79 Å². The van der Waals surface area contributed by atoms with Crippen molar-refractivity contribution in [2.75, 3.05) is 11.5 Å². The molecule has 0 spiro atoms. The van der Waals surface area contributed by atoms with E-state index in [2.05, 4.69) is 0 Å². The summed E-state index contributed by atoms with van der Waals surface area (Å²) < 4.78 is 0.535. The summed E-state index contributed by atoms with van der Waals surface area (Å²) in [4.78, 5) is 23.6. The van der Waals surface area contributed by atoms with Gasteiger partial charge in [0.2, 0.25) is 11.7 Å². The molecule has 0 aliphatic carbocycles. The zero-order chi connectivity index (χ0) is 15.4. The fourth-order valence-electron chi connectivity index (χ4n) is 1.66. The maximum atomic E-state index is 12.4. The Morgan fingerprint density at radius 2 is 1.95 bits per heavy atom. The van der Waals surface area contributed by atoms with Crippen LogP contribution < -0.4 is 11.5 Å². The van der Waals surface area contributed by atoms with Gasteiger partial charge in [0.15, 0.2) is 0 Å². The SMILES string of the molecule is N#Cc1c(SCC(N)=O)sc(C(=O)c2ccccc2)c1N. The lowest BCUT2D eigenvalue weighted by Gasteiger charge is -1.98. The molecule has 0 bridgehead atoms. The van der Waals surface area contributed by atoms with E-state index in [4.69, 9.17) is 16.7 Å². The Balaban J connectivity index is 2.39. The van der Waals surface area contributed by atoms with Gasteiger partial charge in [0.05, 0.1) is 15.6 Å². The first-order valence-electron chi connectivity index (χ1n) is 5.87. The molecule has 5 nitrogen and oxygen atoms in total. The summed E-state index contributed by atoms with van der Waals surface area (Å²) in [6.07, 6.45) is 0. The second-order valence-electron chi connectivity index (χ2n) is 4.07. The van der Waals surface area contributed by atoms with Crippen LogP contribution in [0.3, 0.4) is 0 Å². The molecule has 0 atom stereocenters. The van der Waals surface area contributed by atoms with Crippen molar-refractivity contribution < 1.29 is 9.59 Å². The number of hydrogen-bond donors (Lipinski definition) is 2. The number of thiophene rings is 1. The minimum atomic E-state index is -0.494.